The van der Waals surface area contributed by atoms with Crippen LogP contribution in [0.4, 0.5) is 0 Å². The van der Waals surface area contributed by atoms with Crippen LogP contribution in [0.5, 0.6) is 0 Å². The van der Waals surface area contributed by atoms with E-state index in [0.717, 1.165) is 11.6 Å². The van der Waals surface area contributed by atoms with Gasteiger partial charge in [0.15, 0.2) is 5.96 Å². The van der Waals surface area contributed by atoms with E-state index < -0.39 is 5.97 Å². The van der Waals surface area contributed by atoms with Crippen molar-refractivity contribution < 1.29 is 15.4 Å². The van der Waals surface area contributed by atoms with E-state index in [4.69, 9.17) is 22.0 Å². The summed E-state index contributed by atoms with van der Waals surface area (Å²) in [5.41, 5.74) is 11.1. The van der Waals surface area contributed by atoms with E-state index in [9.17, 15) is 4.79 Å². The fourth-order valence-corrected chi connectivity index (χ4v) is 0.955. The van der Waals surface area contributed by atoms with Crippen molar-refractivity contribution in [3.8, 4) is 0 Å². The van der Waals surface area contributed by atoms with Crippen LogP contribution in [0.15, 0.2) is 41.4 Å². The van der Waals surface area contributed by atoms with Gasteiger partial charge >= 0.3 is 5.97 Å². The first-order valence-corrected chi connectivity index (χ1v) is 5.64. The Morgan fingerprint density at radius 3 is 2.14 bits per heavy atom. The summed E-state index contributed by atoms with van der Waals surface area (Å²) in [6.45, 7) is 0. The highest BCUT2D eigenvalue weighted by atomic mass is 16.4. The van der Waals surface area contributed by atoms with Crippen LogP contribution in [-0.2, 0) is 4.79 Å². The highest BCUT2D eigenvalue weighted by Crippen LogP contribution is 1.99. The highest BCUT2D eigenvalue weighted by Gasteiger charge is 1.92. The van der Waals surface area contributed by atoms with Gasteiger partial charge in [0, 0.05) is 20.2 Å². The summed E-state index contributed by atoms with van der Waals surface area (Å²) in [6.07, 6.45) is 2.68. The lowest BCUT2D eigenvalue weighted by atomic mass is 10.2. The largest absolute Gasteiger partial charge is 0.478 e. The number of carboxylic acid groups (broad SMARTS) is 1. The van der Waals surface area contributed by atoms with Crippen molar-refractivity contribution in [2.45, 2.75) is 0 Å². The maximum Gasteiger partial charge on any atom is 0.328 e. The minimum absolute atomic E-state index is 0. The molecule has 1 aromatic rings. The second-order valence-electron chi connectivity index (χ2n) is 3.83. The molecule has 116 valence electrons. The van der Waals surface area contributed by atoms with Crippen LogP contribution in [0.25, 0.3) is 6.08 Å². The molecule has 0 saturated carbocycles. The third-order valence-corrected chi connectivity index (χ3v) is 1.91. The minimum atomic E-state index is -0.922. The molecule has 0 aliphatic carbocycles. The van der Waals surface area contributed by atoms with Gasteiger partial charge in [0.1, 0.15) is 0 Å². The fraction of sp³-hybridized carbons (Fsp3) is 0.154. The van der Waals surface area contributed by atoms with Crippen LogP contribution < -0.4 is 11.5 Å². The molecule has 0 bridgehead atoms. The second-order valence-corrected chi connectivity index (χ2v) is 3.83. The van der Waals surface area contributed by atoms with Crippen molar-refractivity contribution in [1.82, 2.24) is 4.90 Å². The third kappa shape index (κ3) is 11.9. The Balaban J connectivity index is 0. The van der Waals surface area contributed by atoms with Gasteiger partial charge in [-0.05, 0) is 11.6 Å². The molecule has 0 heterocycles. The van der Waals surface area contributed by atoms with Crippen LogP contribution >= 0.6 is 0 Å². The monoisotopic (exact) mass is 295 g/mol. The van der Waals surface area contributed by atoms with E-state index in [1.165, 1.54) is 0 Å². The summed E-state index contributed by atoms with van der Waals surface area (Å²) in [4.78, 5) is 15.1. The smallest absolute Gasteiger partial charge is 0.328 e. The first-order valence-electron chi connectivity index (χ1n) is 5.64. The molecule has 1 rings (SSSR count). The number of aliphatic imine (C=N–C) groups is 1. The van der Waals surface area contributed by atoms with Gasteiger partial charge in [-0.1, -0.05) is 30.3 Å². The molecule has 0 saturated heterocycles. The van der Waals surface area contributed by atoms with Crippen LogP contribution in [0.3, 0.4) is 0 Å². The van der Waals surface area contributed by atoms with E-state index in [1.54, 1.807) is 25.1 Å². The summed E-state index contributed by atoms with van der Waals surface area (Å²) in [5, 5.41) is 15.0. The lowest BCUT2D eigenvalue weighted by molar-refractivity contribution is -0.131. The van der Waals surface area contributed by atoms with Gasteiger partial charge in [0.05, 0.1) is 0 Å². The molecular formula is C13H21N5O3. The molecule has 8 N–H and O–H groups in total. The molecule has 1 aromatic carbocycles. The van der Waals surface area contributed by atoms with Crippen LogP contribution in [0.2, 0.25) is 0 Å². The Hall–Kier alpha value is -2.87. The average molecular weight is 295 g/mol. The predicted molar refractivity (Wildman–Crippen MR) is 83.9 cm³/mol. The molecule has 0 spiro atoms. The summed E-state index contributed by atoms with van der Waals surface area (Å²) in [7, 11) is 3.45. The zero-order chi connectivity index (χ0) is 15.5. The number of rotatable bonds is 2. The lowest BCUT2D eigenvalue weighted by Crippen LogP contribution is -2.32. The molecule has 0 aliphatic rings. The Labute approximate surface area is 123 Å². The quantitative estimate of drug-likeness (QED) is 0.334. The lowest BCUT2D eigenvalue weighted by Gasteiger charge is -2.08. The topological polar surface area (TPSA) is 160 Å². The number of aliphatic carboxylic acids is 1. The molecule has 0 aliphatic heterocycles. The van der Waals surface area contributed by atoms with Crippen LogP contribution in [0.1, 0.15) is 5.56 Å². The number of nitrogens with two attached hydrogens (primary N) is 2. The van der Waals surface area contributed by atoms with Gasteiger partial charge in [-0.25, -0.2) is 4.79 Å². The predicted octanol–water partition coefficient (Wildman–Crippen LogP) is -0.284. The Morgan fingerprint density at radius 1 is 1.29 bits per heavy atom. The number of hydrogen-bond acceptors (Lipinski definition) is 2. The number of nitrogens with one attached hydrogen (secondary N) is 1. The summed E-state index contributed by atoms with van der Waals surface area (Å²) < 4.78 is 0. The van der Waals surface area contributed by atoms with Crippen molar-refractivity contribution in [3.63, 3.8) is 0 Å². The van der Waals surface area contributed by atoms with Gasteiger partial charge in [0.2, 0.25) is 5.96 Å². The number of benzene rings is 1. The first-order chi connectivity index (χ1) is 9.32. The van der Waals surface area contributed by atoms with E-state index in [-0.39, 0.29) is 17.4 Å². The molecular weight excluding hydrogens is 274 g/mol. The number of guanidine groups is 2. The Bertz CT molecular complexity index is 498. The third-order valence-electron chi connectivity index (χ3n) is 1.91. The number of nitrogens with zero attached hydrogens (tertiary/aromatic N) is 2. The number of hydrogen-bond donors (Lipinski definition) is 4. The van der Waals surface area contributed by atoms with Gasteiger partial charge in [-0.15, -0.1) is 0 Å². The molecule has 8 heteroatoms. The zero-order valence-electron chi connectivity index (χ0n) is 11.9. The van der Waals surface area contributed by atoms with Crippen LogP contribution in [-0.4, -0.2) is 47.5 Å². The maximum atomic E-state index is 10.1. The second kappa shape index (κ2) is 11.0. The SMILES string of the molecule is CN(C)C(N)=NC(=N)N.O.O=C(O)C=Cc1ccccc1. The van der Waals surface area contributed by atoms with Gasteiger partial charge in [-0.3, -0.25) is 5.41 Å². The normalized spacial score (nSPS) is 10.1. The molecule has 8 nitrogen and oxygen atoms in total. The summed E-state index contributed by atoms with van der Waals surface area (Å²) in [6, 6.07) is 9.31. The molecule has 0 amide bonds. The molecule has 0 atom stereocenters. The molecule has 0 fully saturated rings. The van der Waals surface area contributed by atoms with Crippen molar-refractivity contribution in [2.75, 3.05) is 14.1 Å². The highest BCUT2D eigenvalue weighted by molar-refractivity contribution is 5.91. The van der Waals surface area contributed by atoms with E-state index in [1.807, 2.05) is 30.3 Å². The molecule has 0 aromatic heterocycles. The van der Waals surface area contributed by atoms with Crippen molar-refractivity contribution in [2.24, 2.45) is 16.5 Å². The molecule has 0 unspecified atom stereocenters. The number of carbonyl (C=O) groups is 1. The van der Waals surface area contributed by atoms with Gasteiger partial charge in [-0.2, -0.15) is 4.99 Å². The van der Waals surface area contributed by atoms with Crippen LogP contribution in [0, 0.1) is 5.41 Å². The summed E-state index contributed by atoms with van der Waals surface area (Å²) >= 11 is 0. The van der Waals surface area contributed by atoms with Gasteiger partial charge in [0.25, 0.3) is 0 Å². The van der Waals surface area contributed by atoms with E-state index in [0.29, 0.717) is 0 Å². The van der Waals surface area contributed by atoms with E-state index in [2.05, 4.69) is 4.99 Å². The zero-order valence-corrected chi connectivity index (χ0v) is 11.9. The van der Waals surface area contributed by atoms with Crippen molar-refractivity contribution in [1.29, 1.82) is 5.41 Å². The standard InChI is InChI=1S/C9H8O2.C4H11N5.H2O/c10-9(11)7-6-8-4-2-1-3-5-8;1-9(2)4(7)8-3(5)6;/h1-7H,(H,10,11);1-2H3,(H5,5,6,7,8);1H2. The number of carboxylic acids is 1. The first kappa shape index (κ1) is 20.4. The fourth-order valence-electron chi connectivity index (χ4n) is 0.955. The minimum Gasteiger partial charge on any atom is -0.478 e. The molecule has 21 heavy (non-hydrogen) atoms. The Morgan fingerprint density at radius 2 is 1.81 bits per heavy atom. The molecule has 0 radical (unpaired) electrons. The van der Waals surface area contributed by atoms with Crippen molar-refractivity contribution in [3.05, 3.63) is 42.0 Å². The Kier molecular flexibility index (Phi) is 10.7. The van der Waals surface area contributed by atoms with Gasteiger partial charge < -0.3 is 26.9 Å². The maximum absolute atomic E-state index is 10.1. The van der Waals surface area contributed by atoms with Crippen molar-refractivity contribution >= 4 is 24.0 Å². The van der Waals surface area contributed by atoms with E-state index >= 15 is 0 Å². The average Bonchev–Trinajstić information content (AvgIpc) is 2.37. The summed E-state index contributed by atoms with van der Waals surface area (Å²) in [5.74, 6) is -0.961.